The molecule has 1 rings (SSSR count). The largest absolute Gasteiger partial charge is 0.396 e. The van der Waals surface area contributed by atoms with Gasteiger partial charge in [-0.1, -0.05) is 18.2 Å². The molecule has 94 valence electrons. The highest BCUT2D eigenvalue weighted by atomic mass is 16.3. The van der Waals surface area contributed by atoms with Gasteiger partial charge in [0.05, 0.1) is 18.6 Å². The standard InChI is InChI=1S/C12H17NO4/c14-7-6-10(11(16)8-15)12(17)13-9-4-2-1-3-5-9/h1-5,10-11,14-16H,6-8H2,(H,13,17)/t10-,11-/m0/s1. The van der Waals surface area contributed by atoms with Crippen LogP contribution in [0.2, 0.25) is 0 Å². The second-order valence-electron chi connectivity index (χ2n) is 3.72. The Morgan fingerprint density at radius 3 is 2.41 bits per heavy atom. The van der Waals surface area contributed by atoms with Crippen LogP contribution in [0.1, 0.15) is 6.42 Å². The molecule has 0 heterocycles. The lowest BCUT2D eigenvalue weighted by atomic mass is 9.98. The van der Waals surface area contributed by atoms with Crippen LogP contribution in [-0.4, -0.2) is 40.5 Å². The maximum absolute atomic E-state index is 11.8. The van der Waals surface area contributed by atoms with Crippen LogP contribution in [0.25, 0.3) is 0 Å². The fourth-order valence-electron chi connectivity index (χ4n) is 1.52. The molecule has 1 aromatic rings. The first-order valence-corrected chi connectivity index (χ1v) is 5.44. The second-order valence-corrected chi connectivity index (χ2v) is 3.72. The minimum atomic E-state index is -1.16. The van der Waals surface area contributed by atoms with Crippen molar-refractivity contribution in [2.45, 2.75) is 12.5 Å². The molecule has 17 heavy (non-hydrogen) atoms. The molecular weight excluding hydrogens is 222 g/mol. The SMILES string of the molecule is O=C(Nc1ccccc1)[C@@H](CCO)[C@@H](O)CO. The van der Waals surface area contributed by atoms with Crippen molar-refractivity contribution in [1.29, 1.82) is 0 Å². The topological polar surface area (TPSA) is 89.8 Å². The molecule has 0 aliphatic carbocycles. The number of aliphatic hydroxyl groups is 3. The van der Waals surface area contributed by atoms with E-state index >= 15 is 0 Å². The number of rotatable bonds is 6. The van der Waals surface area contributed by atoms with Crippen LogP contribution in [0.3, 0.4) is 0 Å². The van der Waals surface area contributed by atoms with Gasteiger partial charge in [-0.3, -0.25) is 4.79 Å². The van der Waals surface area contributed by atoms with Gasteiger partial charge in [0.25, 0.3) is 0 Å². The first kappa shape index (κ1) is 13.6. The van der Waals surface area contributed by atoms with E-state index in [2.05, 4.69) is 5.32 Å². The van der Waals surface area contributed by atoms with Gasteiger partial charge in [-0.05, 0) is 18.6 Å². The summed E-state index contributed by atoms with van der Waals surface area (Å²) in [6.45, 7) is -0.725. The zero-order valence-electron chi connectivity index (χ0n) is 9.41. The third kappa shape index (κ3) is 4.14. The van der Waals surface area contributed by atoms with Crippen molar-refractivity contribution in [3.8, 4) is 0 Å². The monoisotopic (exact) mass is 239 g/mol. The number of carbonyl (C=O) groups excluding carboxylic acids is 1. The number of amides is 1. The highest BCUT2D eigenvalue weighted by Crippen LogP contribution is 2.13. The first-order valence-electron chi connectivity index (χ1n) is 5.44. The van der Waals surface area contributed by atoms with Crippen molar-refractivity contribution in [3.05, 3.63) is 30.3 Å². The summed E-state index contributed by atoms with van der Waals surface area (Å²) in [6.07, 6.45) is -1.05. The average Bonchev–Trinajstić information content (AvgIpc) is 2.36. The summed E-state index contributed by atoms with van der Waals surface area (Å²) in [7, 11) is 0. The first-order chi connectivity index (χ1) is 8.19. The highest BCUT2D eigenvalue weighted by Gasteiger charge is 2.25. The van der Waals surface area contributed by atoms with Gasteiger partial charge in [0.2, 0.25) is 5.91 Å². The Kier molecular flexibility index (Phi) is 5.62. The predicted octanol–water partition coefficient (Wildman–Crippen LogP) is -0.0231. The number of carbonyl (C=O) groups is 1. The van der Waals surface area contributed by atoms with E-state index in [0.29, 0.717) is 5.69 Å². The van der Waals surface area contributed by atoms with Gasteiger partial charge < -0.3 is 20.6 Å². The molecule has 5 nitrogen and oxygen atoms in total. The molecular formula is C12H17NO4. The molecule has 0 bridgehead atoms. The van der Waals surface area contributed by atoms with E-state index in [-0.39, 0.29) is 13.0 Å². The number of hydrogen-bond donors (Lipinski definition) is 4. The molecule has 0 aromatic heterocycles. The van der Waals surface area contributed by atoms with Crippen molar-refractivity contribution >= 4 is 11.6 Å². The normalized spacial score (nSPS) is 14.1. The Hall–Kier alpha value is -1.43. The van der Waals surface area contributed by atoms with Crippen LogP contribution in [-0.2, 0) is 4.79 Å². The van der Waals surface area contributed by atoms with Gasteiger partial charge in [-0.2, -0.15) is 0 Å². The molecule has 0 aliphatic heterocycles. The molecule has 1 amide bonds. The maximum Gasteiger partial charge on any atom is 0.230 e. The Morgan fingerprint density at radius 1 is 1.24 bits per heavy atom. The van der Waals surface area contributed by atoms with E-state index < -0.39 is 24.5 Å². The van der Waals surface area contributed by atoms with Crippen LogP contribution in [0.4, 0.5) is 5.69 Å². The zero-order valence-corrected chi connectivity index (χ0v) is 9.41. The Balaban J connectivity index is 2.65. The fourth-order valence-corrected chi connectivity index (χ4v) is 1.52. The summed E-state index contributed by atoms with van der Waals surface area (Å²) in [5, 5.41) is 29.8. The smallest absolute Gasteiger partial charge is 0.230 e. The lowest BCUT2D eigenvalue weighted by Crippen LogP contribution is -2.35. The summed E-state index contributed by atoms with van der Waals surface area (Å²) < 4.78 is 0. The molecule has 0 spiro atoms. The van der Waals surface area contributed by atoms with E-state index in [4.69, 9.17) is 10.2 Å². The molecule has 0 saturated heterocycles. The van der Waals surface area contributed by atoms with Crippen LogP contribution in [0.15, 0.2) is 30.3 Å². The van der Waals surface area contributed by atoms with E-state index in [1.807, 2.05) is 6.07 Å². The molecule has 0 fully saturated rings. The van der Waals surface area contributed by atoms with Gasteiger partial charge in [0.15, 0.2) is 0 Å². The third-order valence-electron chi connectivity index (χ3n) is 2.47. The van der Waals surface area contributed by atoms with Crippen molar-refractivity contribution < 1.29 is 20.1 Å². The molecule has 0 unspecified atom stereocenters. The minimum absolute atomic E-state index is 0.112. The second kappa shape index (κ2) is 7.01. The van der Waals surface area contributed by atoms with Gasteiger partial charge in [-0.25, -0.2) is 0 Å². The Bertz CT molecular complexity index is 342. The summed E-state index contributed by atoms with van der Waals surface area (Å²) in [4.78, 5) is 11.8. The lowest BCUT2D eigenvalue weighted by molar-refractivity contribution is -0.125. The highest BCUT2D eigenvalue weighted by molar-refractivity contribution is 5.92. The molecule has 1 aromatic carbocycles. The van der Waals surface area contributed by atoms with Crippen LogP contribution in [0, 0.1) is 5.92 Å². The number of hydrogen-bond acceptors (Lipinski definition) is 4. The number of aliphatic hydroxyl groups excluding tert-OH is 3. The average molecular weight is 239 g/mol. The predicted molar refractivity (Wildman–Crippen MR) is 63.4 cm³/mol. The molecule has 4 N–H and O–H groups in total. The number of anilines is 1. The molecule has 0 saturated carbocycles. The number of para-hydroxylation sites is 1. The lowest BCUT2D eigenvalue weighted by Gasteiger charge is -2.19. The summed E-state index contributed by atoms with van der Waals surface area (Å²) >= 11 is 0. The quantitative estimate of drug-likeness (QED) is 0.561. The van der Waals surface area contributed by atoms with E-state index in [9.17, 15) is 9.90 Å². The van der Waals surface area contributed by atoms with E-state index in [0.717, 1.165) is 0 Å². The summed E-state index contributed by atoms with van der Waals surface area (Å²) in [5.74, 6) is -1.22. The zero-order chi connectivity index (χ0) is 12.7. The van der Waals surface area contributed by atoms with Gasteiger partial charge >= 0.3 is 0 Å². The number of nitrogens with one attached hydrogen (secondary N) is 1. The third-order valence-corrected chi connectivity index (χ3v) is 2.47. The fraction of sp³-hybridized carbons (Fsp3) is 0.417. The summed E-state index contributed by atoms with van der Waals surface area (Å²) in [6, 6.07) is 8.82. The van der Waals surface area contributed by atoms with Crippen molar-refractivity contribution in [3.63, 3.8) is 0 Å². The van der Waals surface area contributed by atoms with Crippen LogP contribution in [0.5, 0.6) is 0 Å². The van der Waals surface area contributed by atoms with Crippen LogP contribution >= 0.6 is 0 Å². The Labute approximate surface area is 99.7 Å². The van der Waals surface area contributed by atoms with Gasteiger partial charge in [-0.15, -0.1) is 0 Å². The summed E-state index contributed by atoms with van der Waals surface area (Å²) in [5.41, 5.74) is 0.616. The molecule has 0 aliphatic rings. The number of benzene rings is 1. The van der Waals surface area contributed by atoms with Crippen molar-refractivity contribution in [2.75, 3.05) is 18.5 Å². The van der Waals surface area contributed by atoms with E-state index in [1.165, 1.54) is 0 Å². The molecule has 2 atom stereocenters. The molecule has 0 radical (unpaired) electrons. The Morgan fingerprint density at radius 2 is 1.88 bits per heavy atom. The van der Waals surface area contributed by atoms with Gasteiger partial charge in [0.1, 0.15) is 0 Å². The van der Waals surface area contributed by atoms with Crippen molar-refractivity contribution in [1.82, 2.24) is 0 Å². The van der Waals surface area contributed by atoms with Crippen molar-refractivity contribution in [2.24, 2.45) is 5.92 Å². The van der Waals surface area contributed by atoms with Crippen LogP contribution < -0.4 is 5.32 Å². The molecule has 5 heteroatoms. The minimum Gasteiger partial charge on any atom is -0.396 e. The maximum atomic E-state index is 11.8. The van der Waals surface area contributed by atoms with E-state index in [1.54, 1.807) is 24.3 Å². The van der Waals surface area contributed by atoms with Gasteiger partial charge in [0, 0.05) is 12.3 Å².